The van der Waals surface area contributed by atoms with Gasteiger partial charge in [-0.2, -0.15) is 0 Å². The zero-order valence-electron chi connectivity index (χ0n) is 12.8. The van der Waals surface area contributed by atoms with Crippen molar-refractivity contribution in [1.29, 1.82) is 0 Å². The van der Waals surface area contributed by atoms with Crippen LogP contribution in [0, 0.1) is 5.41 Å². The van der Waals surface area contributed by atoms with Crippen molar-refractivity contribution in [3.8, 4) is 0 Å². The molecule has 0 aromatic carbocycles. The van der Waals surface area contributed by atoms with Gasteiger partial charge in [-0.3, -0.25) is 0 Å². The molecular weight excluding hydrogens is 276 g/mol. The lowest BCUT2D eigenvalue weighted by molar-refractivity contribution is -0.312. The van der Waals surface area contributed by atoms with E-state index in [1.807, 2.05) is 6.92 Å². The fourth-order valence-electron chi connectivity index (χ4n) is 3.27. The summed E-state index contributed by atoms with van der Waals surface area (Å²) in [6.07, 6.45) is -2.47. The van der Waals surface area contributed by atoms with Gasteiger partial charge in [0.05, 0.1) is 12.7 Å². The number of hydrogen-bond acceptors (Lipinski definition) is 6. The second-order valence-electron chi connectivity index (χ2n) is 6.84. The summed E-state index contributed by atoms with van der Waals surface area (Å²) in [4.78, 5) is 0. The summed E-state index contributed by atoms with van der Waals surface area (Å²) in [5.41, 5.74) is 1.21. The fourth-order valence-corrected chi connectivity index (χ4v) is 3.27. The van der Waals surface area contributed by atoms with Crippen LogP contribution in [0.25, 0.3) is 0 Å². The summed E-state index contributed by atoms with van der Waals surface area (Å²) >= 11 is 0. The number of aliphatic hydroxyl groups excluding tert-OH is 4. The summed E-state index contributed by atoms with van der Waals surface area (Å²) in [5.74, 6) is 0. The highest BCUT2D eigenvalue weighted by molar-refractivity contribution is 5.11. The van der Waals surface area contributed by atoms with Crippen LogP contribution in [-0.4, -0.2) is 63.8 Å². The molecule has 4 N–H and O–H groups in total. The molecule has 0 bridgehead atoms. The van der Waals surface area contributed by atoms with Crippen LogP contribution < -0.4 is 0 Å². The van der Waals surface area contributed by atoms with Gasteiger partial charge in [0.1, 0.15) is 24.4 Å². The van der Waals surface area contributed by atoms with Gasteiger partial charge in [-0.15, -0.1) is 0 Å². The Morgan fingerprint density at radius 3 is 2.48 bits per heavy atom. The highest BCUT2D eigenvalue weighted by Gasteiger charge is 2.45. The standard InChI is InChI=1S/C15H26O6/c1-8-4-9(6-15(2,3)5-8)20-14-13(19)12(18)11(17)10(7-16)21-14/h5,9-14,16-19H,4,6-7H2,1-3H3/t9?,10-,11-,12+,13-,14-/m1/s1. The first-order valence-corrected chi connectivity index (χ1v) is 7.38. The molecule has 6 nitrogen and oxygen atoms in total. The van der Waals surface area contributed by atoms with Crippen molar-refractivity contribution in [2.75, 3.05) is 6.61 Å². The molecule has 0 aromatic rings. The molecule has 1 aliphatic carbocycles. The van der Waals surface area contributed by atoms with Gasteiger partial charge < -0.3 is 29.9 Å². The fraction of sp³-hybridized carbons (Fsp3) is 0.867. The van der Waals surface area contributed by atoms with E-state index in [9.17, 15) is 20.4 Å². The Kier molecular flexibility index (Phi) is 5.07. The quantitative estimate of drug-likeness (QED) is 0.545. The monoisotopic (exact) mass is 302 g/mol. The number of allylic oxidation sites excluding steroid dienone is 1. The number of aliphatic hydroxyl groups is 4. The summed E-state index contributed by atoms with van der Waals surface area (Å²) in [7, 11) is 0. The molecule has 2 aliphatic rings. The normalized spacial score (nSPS) is 43.5. The maximum absolute atomic E-state index is 9.99. The minimum absolute atomic E-state index is 0.00112. The molecule has 6 atom stereocenters. The van der Waals surface area contributed by atoms with Crippen molar-refractivity contribution >= 4 is 0 Å². The Bertz CT molecular complexity index is 392. The van der Waals surface area contributed by atoms with E-state index in [0.717, 1.165) is 12.8 Å². The van der Waals surface area contributed by atoms with Crippen LogP contribution in [0.4, 0.5) is 0 Å². The third-order valence-corrected chi connectivity index (χ3v) is 4.12. The molecule has 0 aromatic heterocycles. The minimum atomic E-state index is -1.39. The number of rotatable bonds is 3. The van der Waals surface area contributed by atoms with Crippen molar-refractivity contribution in [2.45, 2.75) is 70.4 Å². The molecule has 0 amide bonds. The van der Waals surface area contributed by atoms with Crippen LogP contribution in [0.1, 0.15) is 33.6 Å². The maximum Gasteiger partial charge on any atom is 0.186 e. The third-order valence-electron chi connectivity index (χ3n) is 4.12. The zero-order valence-corrected chi connectivity index (χ0v) is 12.8. The van der Waals surface area contributed by atoms with Gasteiger partial charge in [0.2, 0.25) is 0 Å². The van der Waals surface area contributed by atoms with Crippen molar-refractivity contribution < 1.29 is 29.9 Å². The molecule has 1 saturated heterocycles. The Labute approximate surface area is 125 Å². The van der Waals surface area contributed by atoms with Crippen molar-refractivity contribution in [3.63, 3.8) is 0 Å². The Morgan fingerprint density at radius 1 is 1.24 bits per heavy atom. The average molecular weight is 302 g/mol. The third kappa shape index (κ3) is 3.83. The van der Waals surface area contributed by atoms with E-state index in [4.69, 9.17) is 9.47 Å². The highest BCUT2D eigenvalue weighted by atomic mass is 16.7. The summed E-state index contributed by atoms with van der Waals surface area (Å²) in [6, 6.07) is 0. The Balaban J connectivity index is 2.03. The number of ether oxygens (including phenoxy) is 2. The van der Waals surface area contributed by atoms with E-state index < -0.39 is 37.3 Å². The van der Waals surface area contributed by atoms with Gasteiger partial charge in [0.25, 0.3) is 0 Å². The first-order chi connectivity index (χ1) is 9.73. The number of hydrogen-bond donors (Lipinski definition) is 4. The molecular formula is C15H26O6. The molecule has 1 aliphatic heterocycles. The van der Waals surface area contributed by atoms with Crippen molar-refractivity contribution in [3.05, 3.63) is 11.6 Å². The second-order valence-corrected chi connectivity index (χ2v) is 6.84. The SMILES string of the molecule is CC1=CC(C)(C)CC(O[C@@H]2O[C@H](CO)[C@@H](O)[C@H](O)[C@H]2O)C1. The van der Waals surface area contributed by atoms with Gasteiger partial charge in [-0.25, -0.2) is 0 Å². The minimum Gasteiger partial charge on any atom is -0.394 e. The van der Waals surface area contributed by atoms with Crippen LogP contribution in [0.5, 0.6) is 0 Å². The summed E-state index contributed by atoms with van der Waals surface area (Å²) in [6.45, 7) is 5.81. The Hall–Kier alpha value is -0.500. The van der Waals surface area contributed by atoms with E-state index in [2.05, 4.69) is 19.9 Å². The lowest BCUT2D eigenvalue weighted by atomic mass is 9.78. The molecule has 1 heterocycles. The molecule has 2 rings (SSSR count). The molecule has 6 heteroatoms. The van der Waals surface area contributed by atoms with E-state index in [0.29, 0.717) is 0 Å². The van der Waals surface area contributed by atoms with Crippen molar-refractivity contribution in [2.24, 2.45) is 5.41 Å². The van der Waals surface area contributed by atoms with E-state index >= 15 is 0 Å². The molecule has 122 valence electrons. The van der Waals surface area contributed by atoms with Crippen LogP contribution in [0.15, 0.2) is 11.6 Å². The molecule has 0 spiro atoms. The first-order valence-electron chi connectivity index (χ1n) is 7.38. The lowest BCUT2D eigenvalue weighted by Gasteiger charge is -2.42. The second kappa shape index (κ2) is 6.32. The smallest absolute Gasteiger partial charge is 0.186 e. The van der Waals surface area contributed by atoms with Crippen LogP contribution in [0.3, 0.4) is 0 Å². The van der Waals surface area contributed by atoms with Gasteiger partial charge in [0, 0.05) is 0 Å². The molecule has 0 radical (unpaired) electrons. The van der Waals surface area contributed by atoms with Gasteiger partial charge in [-0.1, -0.05) is 25.5 Å². The van der Waals surface area contributed by atoms with E-state index in [1.54, 1.807) is 0 Å². The highest BCUT2D eigenvalue weighted by Crippen LogP contribution is 2.36. The maximum atomic E-state index is 9.99. The first kappa shape index (κ1) is 16.9. The van der Waals surface area contributed by atoms with Gasteiger partial charge in [-0.05, 0) is 25.2 Å². The molecule has 1 fully saturated rings. The predicted octanol–water partition coefficient (Wildman–Crippen LogP) is -0.0622. The summed E-state index contributed by atoms with van der Waals surface area (Å²) in [5, 5.41) is 38.7. The van der Waals surface area contributed by atoms with E-state index in [-0.39, 0.29) is 11.5 Å². The molecule has 0 saturated carbocycles. The lowest BCUT2D eigenvalue weighted by Crippen LogP contribution is -2.59. The summed E-state index contributed by atoms with van der Waals surface area (Å²) < 4.78 is 11.2. The van der Waals surface area contributed by atoms with E-state index in [1.165, 1.54) is 5.57 Å². The predicted molar refractivity (Wildman–Crippen MR) is 75.4 cm³/mol. The largest absolute Gasteiger partial charge is 0.394 e. The molecule has 21 heavy (non-hydrogen) atoms. The molecule has 1 unspecified atom stereocenters. The van der Waals surface area contributed by atoms with Crippen LogP contribution >= 0.6 is 0 Å². The van der Waals surface area contributed by atoms with Crippen LogP contribution in [0.2, 0.25) is 0 Å². The zero-order chi connectivity index (χ0) is 15.8. The average Bonchev–Trinajstić information content (AvgIpc) is 2.37. The van der Waals surface area contributed by atoms with Crippen molar-refractivity contribution in [1.82, 2.24) is 0 Å². The topological polar surface area (TPSA) is 99.4 Å². The van der Waals surface area contributed by atoms with Gasteiger partial charge in [0.15, 0.2) is 6.29 Å². The van der Waals surface area contributed by atoms with Crippen LogP contribution in [-0.2, 0) is 9.47 Å². The Morgan fingerprint density at radius 2 is 1.90 bits per heavy atom. The van der Waals surface area contributed by atoms with Gasteiger partial charge >= 0.3 is 0 Å².